The van der Waals surface area contributed by atoms with E-state index in [1.807, 2.05) is 13.0 Å². The molecule has 1 aromatic heterocycles. The molecule has 1 heterocycles. The van der Waals surface area contributed by atoms with Gasteiger partial charge in [-0.2, -0.15) is 5.26 Å². The van der Waals surface area contributed by atoms with Crippen LogP contribution in [0.3, 0.4) is 0 Å². The first-order valence-electron chi connectivity index (χ1n) is 5.81. The van der Waals surface area contributed by atoms with Crippen molar-refractivity contribution in [2.45, 2.75) is 32.7 Å². The molecule has 7 heteroatoms. The van der Waals surface area contributed by atoms with Gasteiger partial charge in [-0.05, 0) is 13.3 Å². The molecule has 0 fully saturated rings. The smallest absolute Gasteiger partial charge is 0.284 e. The molecule has 1 N–H and O–H groups in total. The molecule has 98 valence electrons. The Kier molecular flexibility index (Phi) is 5.52. The van der Waals surface area contributed by atoms with E-state index in [0.717, 1.165) is 13.0 Å². The van der Waals surface area contributed by atoms with Crippen LogP contribution < -0.4 is 5.32 Å². The van der Waals surface area contributed by atoms with Crippen molar-refractivity contribution in [1.29, 1.82) is 5.26 Å². The summed E-state index contributed by atoms with van der Waals surface area (Å²) in [7, 11) is 1.67. The molecule has 0 bridgehead atoms. The Morgan fingerprint density at radius 3 is 2.94 bits per heavy atom. The van der Waals surface area contributed by atoms with Gasteiger partial charge < -0.3 is 10.2 Å². The van der Waals surface area contributed by atoms with Crippen molar-refractivity contribution in [3.63, 3.8) is 0 Å². The summed E-state index contributed by atoms with van der Waals surface area (Å²) >= 11 is 1.24. The Labute approximate surface area is 111 Å². The third-order valence-electron chi connectivity index (χ3n) is 2.50. The summed E-state index contributed by atoms with van der Waals surface area (Å²) in [5, 5.41) is 20.5. The van der Waals surface area contributed by atoms with Crippen LogP contribution in [0.4, 0.5) is 5.13 Å². The fourth-order valence-electron chi connectivity index (χ4n) is 1.23. The predicted molar refractivity (Wildman–Crippen MR) is 70.5 cm³/mol. The lowest BCUT2D eigenvalue weighted by molar-refractivity contribution is 0.0745. The van der Waals surface area contributed by atoms with Crippen molar-refractivity contribution in [1.82, 2.24) is 15.1 Å². The zero-order chi connectivity index (χ0) is 13.5. The molecule has 0 spiro atoms. The summed E-state index contributed by atoms with van der Waals surface area (Å²) in [5.41, 5.74) is 0. The van der Waals surface area contributed by atoms with Crippen molar-refractivity contribution in [2.75, 3.05) is 18.9 Å². The minimum Gasteiger partial charge on any atom is -0.360 e. The lowest BCUT2D eigenvalue weighted by Gasteiger charge is -2.21. The number of nitrogens with zero attached hydrogens (tertiary/aromatic N) is 4. The van der Waals surface area contributed by atoms with E-state index in [0.29, 0.717) is 16.6 Å². The molecule has 1 amide bonds. The minimum absolute atomic E-state index is 0.126. The average Bonchev–Trinajstić information content (AvgIpc) is 2.83. The number of hydrogen-bond donors (Lipinski definition) is 1. The number of rotatable bonds is 6. The maximum Gasteiger partial charge on any atom is 0.284 e. The first-order valence-corrected chi connectivity index (χ1v) is 6.63. The average molecular weight is 267 g/mol. The number of carbonyl (C=O) groups excluding carboxylic acids is 1. The first kappa shape index (κ1) is 14.4. The summed E-state index contributed by atoms with van der Waals surface area (Å²) < 4.78 is 0. The maximum atomic E-state index is 12.0. The van der Waals surface area contributed by atoms with Crippen LogP contribution in [-0.4, -0.2) is 40.6 Å². The van der Waals surface area contributed by atoms with Gasteiger partial charge in [0.05, 0.1) is 12.5 Å². The lowest BCUT2D eigenvalue weighted by Crippen LogP contribution is -2.34. The summed E-state index contributed by atoms with van der Waals surface area (Å²) in [6.45, 7) is 4.69. The molecule has 0 radical (unpaired) electrons. The normalized spacial score (nSPS) is 11.7. The van der Waals surface area contributed by atoms with Crippen LogP contribution >= 0.6 is 11.3 Å². The molecule has 0 aliphatic heterocycles. The van der Waals surface area contributed by atoms with Gasteiger partial charge in [-0.1, -0.05) is 18.3 Å². The minimum atomic E-state index is -0.195. The molecule has 0 saturated carbocycles. The topological polar surface area (TPSA) is 81.9 Å². The summed E-state index contributed by atoms with van der Waals surface area (Å²) in [5.74, 6) is -0.195. The van der Waals surface area contributed by atoms with E-state index in [1.54, 1.807) is 7.05 Å². The maximum absolute atomic E-state index is 12.0. The molecule has 0 saturated heterocycles. The van der Waals surface area contributed by atoms with Crippen molar-refractivity contribution in [3.8, 4) is 6.07 Å². The Morgan fingerprint density at radius 1 is 1.61 bits per heavy atom. The van der Waals surface area contributed by atoms with Gasteiger partial charge in [0.15, 0.2) is 0 Å². The molecule has 1 aromatic rings. The van der Waals surface area contributed by atoms with E-state index in [1.165, 1.54) is 16.2 Å². The predicted octanol–water partition coefficient (Wildman–Crippen LogP) is 1.73. The number of anilines is 1. The highest BCUT2D eigenvalue weighted by Gasteiger charge is 2.21. The molecule has 1 atom stereocenters. The van der Waals surface area contributed by atoms with Gasteiger partial charge in [0.1, 0.15) is 0 Å². The van der Waals surface area contributed by atoms with Crippen LogP contribution in [0.5, 0.6) is 0 Å². The SMILES string of the molecule is CCCNc1nnc(C(=O)N(C)C(C)CC#N)s1. The van der Waals surface area contributed by atoms with Crippen LogP contribution in [0.15, 0.2) is 0 Å². The highest BCUT2D eigenvalue weighted by molar-refractivity contribution is 7.17. The summed E-state index contributed by atoms with van der Waals surface area (Å²) in [6.07, 6.45) is 1.30. The second kappa shape index (κ2) is 6.91. The quantitative estimate of drug-likeness (QED) is 0.848. The van der Waals surface area contributed by atoms with E-state index in [9.17, 15) is 4.79 Å². The van der Waals surface area contributed by atoms with E-state index in [2.05, 4.69) is 22.4 Å². The summed E-state index contributed by atoms with van der Waals surface area (Å²) in [4.78, 5) is 13.6. The van der Waals surface area contributed by atoms with Gasteiger partial charge in [0.2, 0.25) is 10.1 Å². The van der Waals surface area contributed by atoms with Crippen LogP contribution in [0.2, 0.25) is 0 Å². The number of amides is 1. The highest BCUT2D eigenvalue weighted by atomic mass is 32.1. The highest BCUT2D eigenvalue weighted by Crippen LogP contribution is 2.17. The Balaban J connectivity index is 2.66. The molecule has 0 aliphatic carbocycles. The van der Waals surface area contributed by atoms with Crippen LogP contribution in [0, 0.1) is 11.3 Å². The van der Waals surface area contributed by atoms with E-state index < -0.39 is 0 Å². The molecule has 1 rings (SSSR count). The fraction of sp³-hybridized carbons (Fsp3) is 0.636. The van der Waals surface area contributed by atoms with Crippen molar-refractivity contribution in [2.24, 2.45) is 0 Å². The molecule has 0 aliphatic rings. The number of carbonyl (C=O) groups is 1. The van der Waals surface area contributed by atoms with Gasteiger partial charge in [0, 0.05) is 19.6 Å². The van der Waals surface area contributed by atoms with Crippen LogP contribution in [0.1, 0.15) is 36.5 Å². The van der Waals surface area contributed by atoms with Crippen LogP contribution in [-0.2, 0) is 0 Å². The third-order valence-corrected chi connectivity index (χ3v) is 3.37. The van der Waals surface area contributed by atoms with Crippen molar-refractivity contribution < 1.29 is 4.79 Å². The zero-order valence-electron chi connectivity index (χ0n) is 10.8. The second-order valence-corrected chi connectivity index (χ2v) is 4.94. The molecule has 18 heavy (non-hydrogen) atoms. The molecule has 0 aromatic carbocycles. The van der Waals surface area contributed by atoms with Gasteiger partial charge in [0.25, 0.3) is 5.91 Å². The van der Waals surface area contributed by atoms with Gasteiger partial charge >= 0.3 is 0 Å². The number of nitrogens with one attached hydrogen (secondary N) is 1. The Morgan fingerprint density at radius 2 is 2.33 bits per heavy atom. The lowest BCUT2D eigenvalue weighted by atomic mass is 10.2. The first-order chi connectivity index (χ1) is 8.60. The number of aromatic nitrogens is 2. The van der Waals surface area contributed by atoms with Gasteiger partial charge in [-0.3, -0.25) is 4.79 Å². The van der Waals surface area contributed by atoms with Gasteiger partial charge in [-0.25, -0.2) is 0 Å². The molecular weight excluding hydrogens is 250 g/mol. The van der Waals surface area contributed by atoms with Crippen molar-refractivity contribution >= 4 is 22.4 Å². The van der Waals surface area contributed by atoms with E-state index in [4.69, 9.17) is 5.26 Å². The number of nitriles is 1. The Hall–Kier alpha value is -1.68. The third kappa shape index (κ3) is 3.67. The van der Waals surface area contributed by atoms with Crippen molar-refractivity contribution in [3.05, 3.63) is 5.01 Å². The molecule has 1 unspecified atom stereocenters. The van der Waals surface area contributed by atoms with Gasteiger partial charge in [-0.15, -0.1) is 10.2 Å². The molecular formula is C11H17N5OS. The fourth-order valence-corrected chi connectivity index (χ4v) is 1.99. The van der Waals surface area contributed by atoms with E-state index in [-0.39, 0.29) is 11.9 Å². The largest absolute Gasteiger partial charge is 0.360 e. The second-order valence-electron chi connectivity index (χ2n) is 3.97. The standard InChI is InChI=1S/C11H17N5OS/c1-4-7-13-11-15-14-9(18-11)10(17)16(3)8(2)5-6-12/h8H,4-5,7H2,1-3H3,(H,13,15). The Bertz CT molecular complexity index is 439. The van der Waals surface area contributed by atoms with E-state index >= 15 is 0 Å². The monoisotopic (exact) mass is 267 g/mol. The molecule has 6 nitrogen and oxygen atoms in total. The van der Waals surface area contributed by atoms with Crippen LogP contribution in [0.25, 0.3) is 0 Å². The number of hydrogen-bond acceptors (Lipinski definition) is 6. The summed E-state index contributed by atoms with van der Waals surface area (Å²) in [6, 6.07) is 1.92. The zero-order valence-corrected chi connectivity index (χ0v) is 11.6.